The molecule has 0 aliphatic rings. The van der Waals surface area contributed by atoms with Crippen LogP contribution in [-0.2, 0) is 9.53 Å². The maximum absolute atomic E-state index is 12.1. The number of amides is 1. The largest absolute Gasteiger partial charge is 0.493 e. The van der Waals surface area contributed by atoms with E-state index in [-0.39, 0.29) is 18.6 Å². The third-order valence-electron chi connectivity index (χ3n) is 3.57. The van der Waals surface area contributed by atoms with E-state index in [2.05, 4.69) is 5.32 Å². The summed E-state index contributed by atoms with van der Waals surface area (Å²) in [4.78, 5) is 34.6. The van der Waals surface area contributed by atoms with Crippen LogP contribution in [0.2, 0.25) is 0 Å². The molecule has 1 aromatic heterocycles. The molecular weight excluding hydrogens is 342 g/mol. The van der Waals surface area contributed by atoms with E-state index >= 15 is 0 Å². The van der Waals surface area contributed by atoms with Gasteiger partial charge in [0.1, 0.15) is 16.9 Å². The molecule has 26 heavy (non-hydrogen) atoms. The third-order valence-corrected chi connectivity index (χ3v) is 3.57. The molecule has 1 amide bonds. The highest BCUT2D eigenvalue weighted by Crippen LogP contribution is 2.20. The number of carbonyl (C=O) groups excluding carboxylic acids is 1. The topological polar surface area (TPSA) is 115 Å². The van der Waals surface area contributed by atoms with Crippen LogP contribution in [-0.4, -0.2) is 43.9 Å². The molecule has 0 aliphatic heterocycles. The molecule has 0 atom stereocenters. The molecule has 1 aromatic carbocycles. The van der Waals surface area contributed by atoms with Crippen molar-refractivity contribution >= 4 is 22.8 Å². The normalized spacial score (nSPS) is 10.7. The van der Waals surface area contributed by atoms with Crippen molar-refractivity contribution in [3.05, 3.63) is 40.2 Å². The maximum atomic E-state index is 12.1. The van der Waals surface area contributed by atoms with Gasteiger partial charge in [-0.1, -0.05) is 0 Å². The van der Waals surface area contributed by atoms with E-state index in [1.165, 1.54) is 12.1 Å². The highest BCUT2D eigenvalue weighted by atomic mass is 16.5. The minimum atomic E-state index is -0.883. The Morgan fingerprint density at radius 3 is 2.73 bits per heavy atom. The number of carboxylic acid groups (broad SMARTS) is 1. The summed E-state index contributed by atoms with van der Waals surface area (Å²) in [5.41, 5.74) is -0.503. The van der Waals surface area contributed by atoms with Crippen molar-refractivity contribution in [2.45, 2.75) is 19.3 Å². The number of carboxylic acids is 1. The van der Waals surface area contributed by atoms with Gasteiger partial charge in [-0.05, 0) is 31.0 Å². The van der Waals surface area contributed by atoms with E-state index in [0.29, 0.717) is 42.7 Å². The lowest BCUT2D eigenvalue weighted by Gasteiger charge is -2.07. The highest BCUT2D eigenvalue weighted by Gasteiger charge is 2.13. The fourth-order valence-electron chi connectivity index (χ4n) is 2.27. The number of fused-ring (bicyclic) bond motifs is 1. The van der Waals surface area contributed by atoms with Gasteiger partial charge in [-0.25, -0.2) is 4.79 Å². The van der Waals surface area contributed by atoms with Gasteiger partial charge in [-0.3, -0.25) is 9.59 Å². The smallest absolute Gasteiger partial charge is 0.349 e. The predicted octanol–water partition coefficient (Wildman–Crippen LogP) is 1.80. The molecule has 0 spiro atoms. The predicted molar refractivity (Wildman–Crippen MR) is 93.7 cm³/mol. The van der Waals surface area contributed by atoms with Crippen LogP contribution in [0.3, 0.4) is 0 Å². The van der Waals surface area contributed by atoms with Gasteiger partial charge in [0.25, 0.3) is 5.91 Å². The van der Waals surface area contributed by atoms with Crippen molar-refractivity contribution < 1.29 is 28.6 Å². The Balaban J connectivity index is 2.06. The molecule has 2 aromatic rings. The number of aliphatic carboxylic acids is 1. The van der Waals surface area contributed by atoms with Crippen LogP contribution in [0.1, 0.15) is 29.6 Å². The first-order chi connectivity index (χ1) is 12.5. The quantitative estimate of drug-likeness (QED) is 0.488. The van der Waals surface area contributed by atoms with Crippen LogP contribution in [0.15, 0.2) is 33.5 Å². The monoisotopic (exact) mass is 363 g/mol. The average molecular weight is 363 g/mol. The fourth-order valence-corrected chi connectivity index (χ4v) is 2.27. The van der Waals surface area contributed by atoms with Gasteiger partial charge in [-0.2, -0.15) is 0 Å². The summed E-state index contributed by atoms with van der Waals surface area (Å²) in [6.45, 7) is 1.15. The first-order valence-electron chi connectivity index (χ1n) is 8.21. The van der Waals surface area contributed by atoms with Crippen molar-refractivity contribution in [2.24, 2.45) is 0 Å². The van der Waals surface area contributed by atoms with Crippen LogP contribution in [0.4, 0.5) is 0 Å². The minimum Gasteiger partial charge on any atom is -0.493 e. The SMILES string of the molecule is COCCCNC(=O)c1cc2ccc(OCCCC(=O)O)cc2oc1=O. The third kappa shape index (κ3) is 5.59. The number of benzene rings is 1. The van der Waals surface area contributed by atoms with Crippen LogP contribution in [0.5, 0.6) is 5.75 Å². The van der Waals surface area contributed by atoms with Crippen LogP contribution in [0.25, 0.3) is 11.0 Å². The zero-order valence-corrected chi connectivity index (χ0v) is 14.4. The summed E-state index contributed by atoms with van der Waals surface area (Å²) < 4.78 is 15.5. The van der Waals surface area contributed by atoms with Gasteiger partial charge >= 0.3 is 11.6 Å². The summed E-state index contributed by atoms with van der Waals surface area (Å²) in [6, 6.07) is 6.36. The Labute approximate surface area is 149 Å². The Kier molecular flexibility index (Phi) is 7.16. The molecule has 2 N–H and O–H groups in total. The first-order valence-corrected chi connectivity index (χ1v) is 8.21. The highest BCUT2D eigenvalue weighted by molar-refractivity contribution is 5.96. The van der Waals surface area contributed by atoms with Crippen LogP contribution < -0.4 is 15.7 Å². The molecule has 0 unspecified atom stereocenters. The molecular formula is C18H21NO7. The molecule has 0 aliphatic carbocycles. The van der Waals surface area contributed by atoms with E-state index in [1.807, 2.05) is 0 Å². The molecule has 8 heteroatoms. The zero-order valence-electron chi connectivity index (χ0n) is 14.4. The van der Waals surface area contributed by atoms with E-state index in [0.717, 1.165) is 0 Å². The van der Waals surface area contributed by atoms with Gasteiger partial charge in [0.2, 0.25) is 0 Å². The lowest BCUT2D eigenvalue weighted by Crippen LogP contribution is -2.29. The van der Waals surface area contributed by atoms with Crippen molar-refractivity contribution in [3.8, 4) is 5.75 Å². The molecule has 0 fully saturated rings. The summed E-state index contributed by atoms with van der Waals surface area (Å²) in [6.07, 6.45) is 1.04. The molecule has 0 radical (unpaired) electrons. The number of methoxy groups -OCH3 is 1. The molecule has 0 bridgehead atoms. The minimum absolute atomic E-state index is 0.0194. The first kappa shape index (κ1) is 19.5. The molecule has 1 heterocycles. The second-order valence-corrected chi connectivity index (χ2v) is 5.60. The number of ether oxygens (including phenoxy) is 2. The number of carbonyl (C=O) groups is 2. The lowest BCUT2D eigenvalue weighted by atomic mass is 10.1. The van der Waals surface area contributed by atoms with Crippen LogP contribution in [0, 0.1) is 0 Å². The van der Waals surface area contributed by atoms with Gasteiger partial charge in [0.15, 0.2) is 0 Å². The van der Waals surface area contributed by atoms with Crippen molar-refractivity contribution in [1.82, 2.24) is 5.32 Å². The van der Waals surface area contributed by atoms with E-state index in [4.69, 9.17) is 19.0 Å². The Hall–Kier alpha value is -2.87. The second-order valence-electron chi connectivity index (χ2n) is 5.60. The molecule has 0 saturated carbocycles. The summed E-state index contributed by atoms with van der Waals surface area (Å²) in [5, 5.41) is 11.8. The number of hydrogen-bond donors (Lipinski definition) is 2. The number of nitrogens with one attached hydrogen (secondary N) is 1. The lowest BCUT2D eigenvalue weighted by molar-refractivity contribution is -0.137. The van der Waals surface area contributed by atoms with Gasteiger partial charge in [0, 0.05) is 38.1 Å². The van der Waals surface area contributed by atoms with Crippen molar-refractivity contribution in [2.75, 3.05) is 26.9 Å². The Morgan fingerprint density at radius 1 is 1.19 bits per heavy atom. The van der Waals surface area contributed by atoms with Crippen molar-refractivity contribution in [3.63, 3.8) is 0 Å². The van der Waals surface area contributed by atoms with Gasteiger partial charge < -0.3 is 24.3 Å². The standard InChI is InChI=1S/C18H21NO7/c1-24-8-3-7-19-17(22)14-10-12-5-6-13(11-15(12)26-18(14)23)25-9-2-4-16(20)21/h5-6,10-11H,2-4,7-9H2,1H3,(H,19,22)(H,20,21). The number of rotatable bonds is 10. The van der Waals surface area contributed by atoms with E-state index in [9.17, 15) is 14.4 Å². The Bertz CT molecular complexity index is 828. The van der Waals surface area contributed by atoms with E-state index < -0.39 is 17.5 Å². The van der Waals surface area contributed by atoms with Crippen molar-refractivity contribution in [1.29, 1.82) is 0 Å². The maximum Gasteiger partial charge on any atom is 0.349 e. The molecule has 140 valence electrons. The van der Waals surface area contributed by atoms with E-state index in [1.54, 1.807) is 19.2 Å². The van der Waals surface area contributed by atoms with Crippen LogP contribution >= 0.6 is 0 Å². The summed E-state index contributed by atoms with van der Waals surface area (Å²) in [7, 11) is 1.57. The average Bonchev–Trinajstić information content (AvgIpc) is 2.61. The number of hydrogen-bond acceptors (Lipinski definition) is 6. The molecule has 2 rings (SSSR count). The van der Waals surface area contributed by atoms with Gasteiger partial charge in [-0.15, -0.1) is 0 Å². The summed E-state index contributed by atoms with van der Waals surface area (Å²) >= 11 is 0. The molecule has 0 saturated heterocycles. The molecule has 8 nitrogen and oxygen atoms in total. The Morgan fingerprint density at radius 2 is 2.00 bits per heavy atom. The summed E-state index contributed by atoms with van der Waals surface area (Å²) in [5.74, 6) is -0.917. The zero-order chi connectivity index (χ0) is 18.9. The van der Waals surface area contributed by atoms with Gasteiger partial charge in [0.05, 0.1) is 6.61 Å². The fraction of sp³-hybridized carbons (Fsp3) is 0.389. The second kappa shape index (κ2) is 9.57.